The van der Waals surface area contributed by atoms with Crippen LogP contribution in [0.15, 0.2) is 84.9 Å². The molecule has 0 aliphatic heterocycles. The van der Waals surface area contributed by atoms with E-state index < -0.39 is 0 Å². The van der Waals surface area contributed by atoms with Crippen LogP contribution in [0.5, 0.6) is 0 Å². The molecule has 0 bridgehead atoms. The predicted octanol–water partition coefficient (Wildman–Crippen LogP) is 8.39. The molecular formula is C35H42N2. The van der Waals surface area contributed by atoms with Crippen molar-refractivity contribution < 1.29 is 0 Å². The predicted molar refractivity (Wildman–Crippen MR) is 160 cm³/mol. The summed E-state index contributed by atoms with van der Waals surface area (Å²) >= 11 is 0. The van der Waals surface area contributed by atoms with E-state index in [9.17, 15) is 0 Å². The minimum absolute atomic E-state index is 0.840. The second-order valence-electron chi connectivity index (χ2n) is 10.6. The highest BCUT2D eigenvalue weighted by Gasteiger charge is 2.03. The molecule has 0 radical (unpaired) electrons. The van der Waals surface area contributed by atoms with Gasteiger partial charge in [0.05, 0.1) is 0 Å². The Balaban J connectivity index is 1.10. The summed E-state index contributed by atoms with van der Waals surface area (Å²) in [5.74, 6) is 0. The summed E-state index contributed by atoms with van der Waals surface area (Å²) in [4.78, 5) is 0. The lowest BCUT2D eigenvalue weighted by atomic mass is 9.97. The van der Waals surface area contributed by atoms with Crippen LogP contribution < -0.4 is 11.5 Å². The van der Waals surface area contributed by atoms with E-state index in [0.717, 1.165) is 24.2 Å². The standard InChI is InChI=1S/C35H42N2/c1-26-22-34(36)20-18-32(26)24-30-14-10-28(11-15-30)8-6-4-3-5-7-9-29-12-16-31(17-13-29)25-33-19-21-35(37)23-27(33)2/h10-23H,3-9,24-25,36-37H2,1-2H3. The SMILES string of the molecule is Cc1cc(N)ccc1Cc1ccc(CCCCCCCc2ccc(Cc3ccc(N)cc3C)cc2)cc1. The molecule has 4 rings (SSSR count). The lowest BCUT2D eigenvalue weighted by Gasteiger charge is -2.09. The van der Waals surface area contributed by atoms with Gasteiger partial charge in [-0.15, -0.1) is 0 Å². The largest absolute Gasteiger partial charge is 0.399 e. The third-order valence-electron chi connectivity index (χ3n) is 7.50. The zero-order valence-electron chi connectivity index (χ0n) is 22.6. The molecule has 4 aromatic rings. The van der Waals surface area contributed by atoms with Crippen LogP contribution in [0.4, 0.5) is 11.4 Å². The van der Waals surface area contributed by atoms with Crippen LogP contribution in [0, 0.1) is 13.8 Å². The van der Waals surface area contributed by atoms with Gasteiger partial charge in [0.1, 0.15) is 0 Å². The van der Waals surface area contributed by atoms with Crippen molar-refractivity contribution in [3.63, 3.8) is 0 Å². The molecule has 0 heterocycles. The van der Waals surface area contributed by atoms with E-state index in [-0.39, 0.29) is 0 Å². The normalized spacial score (nSPS) is 11.1. The summed E-state index contributed by atoms with van der Waals surface area (Å²) in [6.45, 7) is 4.28. The van der Waals surface area contributed by atoms with Crippen molar-refractivity contribution in [2.45, 2.75) is 71.6 Å². The fourth-order valence-corrected chi connectivity index (χ4v) is 5.11. The van der Waals surface area contributed by atoms with E-state index in [2.05, 4.69) is 86.6 Å². The maximum atomic E-state index is 5.88. The summed E-state index contributed by atoms with van der Waals surface area (Å²) in [5, 5.41) is 0. The van der Waals surface area contributed by atoms with Gasteiger partial charge in [-0.05, 0) is 121 Å². The maximum Gasteiger partial charge on any atom is 0.0316 e. The maximum absolute atomic E-state index is 5.88. The first-order valence-electron chi connectivity index (χ1n) is 13.8. The fourth-order valence-electron chi connectivity index (χ4n) is 5.11. The van der Waals surface area contributed by atoms with E-state index in [4.69, 9.17) is 11.5 Å². The average molecular weight is 491 g/mol. The number of hydrogen-bond donors (Lipinski definition) is 2. The number of benzene rings is 4. The lowest BCUT2D eigenvalue weighted by molar-refractivity contribution is 0.613. The highest BCUT2D eigenvalue weighted by molar-refractivity contribution is 5.46. The van der Waals surface area contributed by atoms with E-state index in [1.54, 1.807) is 0 Å². The molecule has 4 N–H and O–H groups in total. The Bertz CT molecular complexity index is 1170. The molecule has 0 atom stereocenters. The summed E-state index contributed by atoms with van der Waals surface area (Å²) in [7, 11) is 0. The number of aryl methyl sites for hydroxylation is 4. The second kappa shape index (κ2) is 13.1. The van der Waals surface area contributed by atoms with Gasteiger partial charge in [0.15, 0.2) is 0 Å². The zero-order valence-corrected chi connectivity index (χ0v) is 22.6. The molecule has 0 aliphatic rings. The quantitative estimate of drug-likeness (QED) is 0.155. The Labute approximate surface area is 223 Å². The number of anilines is 2. The molecule has 0 amide bonds. The highest BCUT2D eigenvalue weighted by atomic mass is 14.5. The third kappa shape index (κ3) is 8.25. The van der Waals surface area contributed by atoms with Crippen molar-refractivity contribution in [1.29, 1.82) is 0 Å². The van der Waals surface area contributed by atoms with Crippen LogP contribution in [0.25, 0.3) is 0 Å². The molecule has 0 saturated heterocycles. The first-order valence-corrected chi connectivity index (χ1v) is 13.8. The first-order chi connectivity index (χ1) is 18.0. The molecule has 2 heteroatoms. The number of rotatable bonds is 12. The fraction of sp³-hybridized carbons (Fsp3) is 0.314. The summed E-state index contributed by atoms with van der Waals surface area (Å²) in [6.07, 6.45) is 10.8. The summed E-state index contributed by atoms with van der Waals surface area (Å²) in [6, 6.07) is 30.8. The van der Waals surface area contributed by atoms with Crippen molar-refractivity contribution in [1.82, 2.24) is 0 Å². The molecule has 37 heavy (non-hydrogen) atoms. The van der Waals surface area contributed by atoms with Crippen LogP contribution in [0.3, 0.4) is 0 Å². The smallest absolute Gasteiger partial charge is 0.0316 e. The van der Waals surface area contributed by atoms with Gasteiger partial charge in [0.25, 0.3) is 0 Å². The molecule has 0 spiro atoms. The Morgan fingerprint density at radius 3 is 1.16 bits per heavy atom. The van der Waals surface area contributed by atoms with Crippen LogP contribution in [0.1, 0.15) is 76.6 Å². The minimum Gasteiger partial charge on any atom is -0.399 e. The molecule has 0 aliphatic carbocycles. The van der Waals surface area contributed by atoms with Gasteiger partial charge >= 0.3 is 0 Å². The molecule has 0 saturated carbocycles. The van der Waals surface area contributed by atoms with Crippen molar-refractivity contribution in [3.05, 3.63) is 129 Å². The van der Waals surface area contributed by atoms with Crippen molar-refractivity contribution in [3.8, 4) is 0 Å². The first kappa shape index (κ1) is 26.5. The van der Waals surface area contributed by atoms with Crippen molar-refractivity contribution in [2.24, 2.45) is 0 Å². The highest BCUT2D eigenvalue weighted by Crippen LogP contribution is 2.20. The Hall–Kier alpha value is -3.52. The van der Waals surface area contributed by atoms with Crippen molar-refractivity contribution in [2.75, 3.05) is 11.5 Å². The van der Waals surface area contributed by atoms with Crippen LogP contribution in [0.2, 0.25) is 0 Å². The third-order valence-corrected chi connectivity index (χ3v) is 7.50. The van der Waals surface area contributed by atoms with Gasteiger partial charge in [-0.3, -0.25) is 0 Å². The average Bonchev–Trinajstić information content (AvgIpc) is 2.88. The molecule has 0 aromatic heterocycles. The van der Waals surface area contributed by atoms with E-state index in [1.807, 2.05) is 12.1 Å². The number of nitrogen functional groups attached to an aromatic ring is 2. The Kier molecular flexibility index (Phi) is 9.43. The molecule has 4 aromatic carbocycles. The van der Waals surface area contributed by atoms with E-state index in [0.29, 0.717) is 0 Å². The number of hydrogen-bond acceptors (Lipinski definition) is 2. The van der Waals surface area contributed by atoms with E-state index in [1.165, 1.54) is 89.5 Å². The molecule has 0 fully saturated rings. The van der Waals surface area contributed by atoms with Gasteiger partial charge in [0, 0.05) is 11.4 Å². The monoisotopic (exact) mass is 490 g/mol. The molecule has 192 valence electrons. The van der Waals surface area contributed by atoms with Crippen molar-refractivity contribution >= 4 is 11.4 Å². The Morgan fingerprint density at radius 2 is 0.784 bits per heavy atom. The summed E-state index contributed by atoms with van der Waals surface area (Å²) < 4.78 is 0. The topological polar surface area (TPSA) is 52.0 Å². The van der Waals surface area contributed by atoms with Gasteiger partial charge in [0.2, 0.25) is 0 Å². The van der Waals surface area contributed by atoms with Gasteiger partial charge in [-0.25, -0.2) is 0 Å². The number of unbranched alkanes of at least 4 members (excludes halogenated alkanes) is 4. The molecule has 0 unspecified atom stereocenters. The summed E-state index contributed by atoms with van der Waals surface area (Å²) in [5.41, 5.74) is 24.3. The van der Waals surface area contributed by atoms with Gasteiger partial charge < -0.3 is 11.5 Å². The van der Waals surface area contributed by atoms with Gasteiger partial charge in [-0.2, -0.15) is 0 Å². The van der Waals surface area contributed by atoms with Crippen LogP contribution >= 0.6 is 0 Å². The van der Waals surface area contributed by atoms with Crippen LogP contribution in [-0.2, 0) is 25.7 Å². The molecule has 2 nitrogen and oxygen atoms in total. The minimum atomic E-state index is 0.840. The lowest BCUT2D eigenvalue weighted by Crippen LogP contribution is -1.95. The number of nitrogens with two attached hydrogens (primary N) is 2. The Morgan fingerprint density at radius 1 is 0.432 bits per heavy atom. The zero-order chi connectivity index (χ0) is 26.0. The van der Waals surface area contributed by atoms with Gasteiger partial charge in [-0.1, -0.05) is 79.9 Å². The molecular weight excluding hydrogens is 448 g/mol. The van der Waals surface area contributed by atoms with Crippen LogP contribution in [-0.4, -0.2) is 0 Å². The van der Waals surface area contributed by atoms with E-state index >= 15 is 0 Å². The second-order valence-corrected chi connectivity index (χ2v) is 10.6.